The van der Waals surface area contributed by atoms with E-state index in [1.807, 2.05) is 0 Å². The molecule has 3 aromatic rings. The molecule has 7 nitrogen and oxygen atoms in total. The number of ether oxygens (including phenoxy) is 1. The summed E-state index contributed by atoms with van der Waals surface area (Å²) in [5, 5.41) is 9.98. The third-order valence-electron chi connectivity index (χ3n) is 3.29. The molecule has 13 heteroatoms. The molecule has 0 atom stereocenters. The van der Waals surface area contributed by atoms with Gasteiger partial charge in [-0.1, -0.05) is 0 Å². The summed E-state index contributed by atoms with van der Waals surface area (Å²) in [6.07, 6.45) is -6.05. The van der Waals surface area contributed by atoms with Gasteiger partial charge < -0.3 is 9.15 Å². The fraction of sp³-hybridized carbons (Fsp3) is 0.200. The largest absolute Gasteiger partial charge is 0.497 e. The quantitative estimate of drug-likeness (QED) is 0.611. The molecule has 2 heterocycles. The summed E-state index contributed by atoms with van der Waals surface area (Å²) in [4.78, 5) is 3.87. The fourth-order valence-electron chi connectivity index (χ4n) is 2.05. The van der Waals surface area contributed by atoms with Crippen molar-refractivity contribution in [3.8, 4) is 17.1 Å². The Balaban J connectivity index is 1.85. The maximum atomic E-state index is 13.0. The van der Waals surface area contributed by atoms with Gasteiger partial charge in [0.1, 0.15) is 12.1 Å². The molecule has 0 spiro atoms. The number of methoxy groups -OCH3 is 1. The molecule has 148 valence electrons. The van der Waals surface area contributed by atoms with Crippen LogP contribution in [0.3, 0.4) is 0 Å². The van der Waals surface area contributed by atoms with E-state index >= 15 is 0 Å². The van der Waals surface area contributed by atoms with Crippen molar-refractivity contribution in [1.29, 1.82) is 0 Å². The Morgan fingerprint density at radius 1 is 1.04 bits per heavy atom. The number of alkyl halides is 6. The first-order chi connectivity index (χ1) is 13.1. The average Bonchev–Trinajstić information content (AvgIpc) is 3.28. The van der Waals surface area contributed by atoms with Crippen molar-refractivity contribution in [1.82, 2.24) is 25.0 Å². The Morgan fingerprint density at radius 2 is 1.79 bits per heavy atom. The zero-order valence-corrected chi connectivity index (χ0v) is 13.8. The Hall–Kier alpha value is -3.38. The van der Waals surface area contributed by atoms with Gasteiger partial charge in [-0.2, -0.15) is 26.3 Å². The smallest absolute Gasteiger partial charge is 0.470 e. The highest BCUT2D eigenvalue weighted by Gasteiger charge is 2.38. The number of aromatic nitrogens is 5. The second-order valence-corrected chi connectivity index (χ2v) is 5.26. The summed E-state index contributed by atoms with van der Waals surface area (Å²) < 4.78 is 86.5. The van der Waals surface area contributed by atoms with Crippen LogP contribution in [0.15, 0.2) is 28.9 Å². The molecule has 0 fully saturated rings. The van der Waals surface area contributed by atoms with Gasteiger partial charge in [0.2, 0.25) is 5.89 Å². The number of rotatable bonds is 4. The van der Waals surface area contributed by atoms with E-state index in [1.165, 1.54) is 13.2 Å². The minimum Gasteiger partial charge on any atom is -0.497 e. The van der Waals surface area contributed by atoms with E-state index in [1.54, 1.807) is 0 Å². The Kier molecular flexibility index (Phi) is 4.83. The molecule has 0 bridgehead atoms. The first-order valence-electron chi connectivity index (χ1n) is 7.33. The van der Waals surface area contributed by atoms with Crippen molar-refractivity contribution in [2.75, 3.05) is 7.11 Å². The van der Waals surface area contributed by atoms with E-state index in [0.29, 0.717) is 0 Å². The van der Waals surface area contributed by atoms with E-state index in [4.69, 9.17) is 4.74 Å². The van der Waals surface area contributed by atoms with Crippen molar-refractivity contribution >= 4 is 12.3 Å². The highest BCUT2D eigenvalue weighted by molar-refractivity contribution is 5.60. The van der Waals surface area contributed by atoms with Crippen LogP contribution in [0.4, 0.5) is 26.3 Å². The van der Waals surface area contributed by atoms with Crippen LogP contribution in [0.1, 0.15) is 17.3 Å². The second kappa shape index (κ2) is 6.98. The maximum absolute atomic E-state index is 13.0. The normalized spacial score (nSPS) is 12.7. The lowest BCUT2D eigenvalue weighted by atomic mass is 10.1. The van der Waals surface area contributed by atoms with Gasteiger partial charge in [-0.05, 0) is 18.2 Å². The Labute approximate surface area is 152 Å². The molecule has 1 aromatic carbocycles. The van der Waals surface area contributed by atoms with Gasteiger partial charge in [-0.3, -0.25) is 0 Å². The molecule has 3 rings (SSSR count). The van der Waals surface area contributed by atoms with E-state index in [-0.39, 0.29) is 17.1 Å². The van der Waals surface area contributed by atoms with Crippen LogP contribution < -0.4 is 4.74 Å². The van der Waals surface area contributed by atoms with Crippen LogP contribution in [-0.4, -0.2) is 32.1 Å². The zero-order valence-electron chi connectivity index (χ0n) is 13.8. The lowest BCUT2D eigenvalue weighted by Gasteiger charge is -2.10. The summed E-state index contributed by atoms with van der Waals surface area (Å²) in [6, 6.07) is 2.99. The number of halogens is 6. The minimum atomic E-state index is -4.78. The molecule has 0 unspecified atom stereocenters. The highest BCUT2D eigenvalue weighted by atomic mass is 19.4. The van der Waals surface area contributed by atoms with Crippen molar-refractivity contribution in [3.05, 3.63) is 41.9 Å². The van der Waals surface area contributed by atoms with Crippen LogP contribution in [0.25, 0.3) is 23.7 Å². The summed E-state index contributed by atoms with van der Waals surface area (Å²) in [7, 11) is 1.22. The zero-order chi connectivity index (χ0) is 20.5. The number of hydrogen-bond donors (Lipinski definition) is 0. The van der Waals surface area contributed by atoms with Crippen molar-refractivity contribution in [2.24, 2.45) is 0 Å². The second-order valence-electron chi connectivity index (χ2n) is 5.26. The van der Waals surface area contributed by atoms with Crippen LogP contribution in [0.5, 0.6) is 5.75 Å². The van der Waals surface area contributed by atoms with Gasteiger partial charge in [-0.15, -0.1) is 15.3 Å². The van der Waals surface area contributed by atoms with E-state index in [2.05, 4.69) is 24.7 Å². The minimum absolute atomic E-state index is 0.0379. The molecule has 0 N–H and O–H groups in total. The van der Waals surface area contributed by atoms with Gasteiger partial charge in [0.05, 0.1) is 12.7 Å². The Morgan fingerprint density at radius 3 is 2.39 bits per heavy atom. The van der Waals surface area contributed by atoms with Gasteiger partial charge in [-0.25, -0.2) is 9.67 Å². The first kappa shape index (κ1) is 19.4. The molecular formula is C15H9F6N5O2. The maximum Gasteiger partial charge on any atom is 0.470 e. The number of benzene rings is 1. The molecule has 2 aromatic heterocycles. The van der Waals surface area contributed by atoms with Gasteiger partial charge >= 0.3 is 18.2 Å². The molecule has 0 aliphatic rings. The van der Waals surface area contributed by atoms with Crippen molar-refractivity contribution in [3.63, 3.8) is 0 Å². The molecule has 0 saturated heterocycles. The fourth-order valence-corrected chi connectivity index (χ4v) is 2.05. The predicted molar refractivity (Wildman–Crippen MR) is 81.5 cm³/mol. The van der Waals surface area contributed by atoms with Crippen LogP contribution in [0, 0.1) is 0 Å². The third-order valence-corrected chi connectivity index (χ3v) is 3.29. The van der Waals surface area contributed by atoms with E-state index in [9.17, 15) is 26.3 Å². The highest BCUT2D eigenvalue weighted by Crippen LogP contribution is 2.34. The molecule has 28 heavy (non-hydrogen) atoms. The van der Waals surface area contributed by atoms with Crippen molar-refractivity contribution < 1.29 is 35.5 Å². The van der Waals surface area contributed by atoms with Gasteiger partial charge in [0.15, 0.2) is 5.82 Å². The molecule has 0 radical (unpaired) electrons. The van der Waals surface area contributed by atoms with E-state index < -0.39 is 29.7 Å². The topological polar surface area (TPSA) is 78.9 Å². The lowest BCUT2D eigenvalue weighted by Crippen LogP contribution is -2.05. The van der Waals surface area contributed by atoms with Gasteiger partial charge in [0.25, 0.3) is 0 Å². The lowest BCUT2D eigenvalue weighted by molar-refractivity contribution is -0.157. The summed E-state index contributed by atoms with van der Waals surface area (Å²) in [5.74, 6) is -2.05. The van der Waals surface area contributed by atoms with Crippen LogP contribution in [-0.2, 0) is 12.4 Å². The van der Waals surface area contributed by atoms with Crippen LogP contribution >= 0.6 is 0 Å². The summed E-state index contributed by atoms with van der Waals surface area (Å²) >= 11 is 0. The third kappa shape index (κ3) is 4.29. The first-order valence-corrected chi connectivity index (χ1v) is 7.33. The predicted octanol–water partition coefficient (Wildman–Crippen LogP) is 4.00. The molecule has 0 aliphatic heterocycles. The van der Waals surface area contributed by atoms with Gasteiger partial charge in [0, 0.05) is 17.8 Å². The SMILES string of the molecule is COc1cc(-c2ncn(/C=C\c3nnc(C(F)(F)F)o3)n2)cc(C(F)(F)F)c1. The monoisotopic (exact) mass is 405 g/mol. The molecule has 0 aliphatic carbocycles. The standard InChI is InChI=1S/C15H9F6N5O2/c1-27-10-5-8(4-9(6-10)14(16,17)18)12-22-7-26(25-12)3-2-11-23-24-13(28-11)15(19,20)21/h2-7H,1H3/b3-2-. The van der Waals surface area contributed by atoms with E-state index in [0.717, 1.165) is 35.4 Å². The molecular weight excluding hydrogens is 396 g/mol. The number of nitrogens with zero attached hydrogens (tertiary/aromatic N) is 5. The summed E-state index contributed by atoms with van der Waals surface area (Å²) in [6.45, 7) is 0. The Bertz CT molecular complexity index is 1010. The average molecular weight is 405 g/mol. The molecule has 0 saturated carbocycles. The van der Waals surface area contributed by atoms with Crippen molar-refractivity contribution in [2.45, 2.75) is 12.4 Å². The van der Waals surface area contributed by atoms with Crippen LogP contribution in [0.2, 0.25) is 0 Å². The molecule has 0 amide bonds. The summed E-state index contributed by atoms with van der Waals surface area (Å²) in [5.41, 5.74) is -0.907. The number of hydrogen-bond acceptors (Lipinski definition) is 6.